The van der Waals surface area contributed by atoms with Crippen LogP contribution in [0.15, 0.2) is 30.6 Å². The molecule has 1 saturated heterocycles. The third-order valence-corrected chi connectivity index (χ3v) is 5.39. The molecule has 3 N–H and O–H groups in total. The standard InChI is InChI=1S/C22H27F4N5O/c1-21(2,3)11-15(18(27)32)30-19-17(23)20(29-12-28-19)31-10-4-5-16(31)13-6-8-14(9-7-13)22(24,25)26/h6-9,12,15-16H,4-5,10-11H2,1-3H3,(H2,27,32)(H,28,29,30)/t15-,16?/m1/s1. The summed E-state index contributed by atoms with van der Waals surface area (Å²) in [4.78, 5) is 21.6. The molecule has 3 rings (SSSR count). The quantitative estimate of drug-likeness (QED) is 0.621. The van der Waals surface area contributed by atoms with Gasteiger partial charge in [0.2, 0.25) is 11.7 Å². The van der Waals surface area contributed by atoms with Crippen molar-refractivity contribution in [1.29, 1.82) is 0 Å². The van der Waals surface area contributed by atoms with Gasteiger partial charge >= 0.3 is 6.18 Å². The molecule has 2 atom stereocenters. The second kappa shape index (κ2) is 8.91. The first kappa shape index (κ1) is 23.7. The van der Waals surface area contributed by atoms with Crippen molar-refractivity contribution < 1.29 is 22.4 Å². The second-order valence-corrected chi connectivity index (χ2v) is 9.20. The smallest absolute Gasteiger partial charge is 0.368 e. The molecule has 0 aliphatic carbocycles. The highest BCUT2D eigenvalue weighted by atomic mass is 19.4. The molecule has 0 radical (unpaired) electrons. The van der Waals surface area contributed by atoms with Gasteiger partial charge < -0.3 is 16.0 Å². The third kappa shape index (κ3) is 5.46. The van der Waals surface area contributed by atoms with Crippen LogP contribution in [-0.2, 0) is 11.0 Å². The van der Waals surface area contributed by atoms with Crippen LogP contribution in [0, 0.1) is 11.2 Å². The molecular weight excluding hydrogens is 426 g/mol. The molecule has 1 aliphatic rings. The maximum absolute atomic E-state index is 15.4. The molecule has 1 aromatic heterocycles. The lowest BCUT2D eigenvalue weighted by Crippen LogP contribution is -2.39. The van der Waals surface area contributed by atoms with Crippen LogP contribution in [0.3, 0.4) is 0 Å². The van der Waals surface area contributed by atoms with Gasteiger partial charge in [-0.25, -0.2) is 9.97 Å². The van der Waals surface area contributed by atoms with Gasteiger partial charge in [0.25, 0.3) is 0 Å². The molecular formula is C22H27F4N5O. The summed E-state index contributed by atoms with van der Waals surface area (Å²) in [6.45, 7) is 6.29. The highest BCUT2D eigenvalue weighted by Crippen LogP contribution is 2.38. The fourth-order valence-corrected chi connectivity index (χ4v) is 3.92. The molecule has 0 spiro atoms. The van der Waals surface area contributed by atoms with E-state index in [1.807, 2.05) is 20.8 Å². The number of alkyl halides is 3. The molecule has 1 aromatic carbocycles. The zero-order valence-electron chi connectivity index (χ0n) is 18.2. The number of nitrogens with two attached hydrogens (primary N) is 1. The van der Waals surface area contributed by atoms with E-state index < -0.39 is 29.5 Å². The van der Waals surface area contributed by atoms with Gasteiger partial charge in [0.15, 0.2) is 11.6 Å². The van der Waals surface area contributed by atoms with E-state index in [0.29, 0.717) is 24.9 Å². The molecule has 1 aliphatic heterocycles. The average molecular weight is 453 g/mol. The van der Waals surface area contributed by atoms with Gasteiger partial charge in [-0.2, -0.15) is 17.6 Å². The van der Waals surface area contributed by atoms with Crippen molar-refractivity contribution >= 4 is 17.5 Å². The van der Waals surface area contributed by atoms with E-state index in [0.717, 1.165) is 18.6 Å². The normalized spacial score (nSPS) is 18.0. The van der Waals surface area contributed by atoms with Gasteiger partial charge in [0.05, 0.1) is 11.6 Å². The van der Waals surface area contributed by atoms with E-state index in [9.17, 15) is 18.0 Å². The van der Waals surface area contributed by atoms with Crippen molar-refractivity contribution in [3.05, 3.63) is 47.5 Å². The number of halogens is 4. The minimum absolute atomic E-state index is 0.0314. The zero-order valence-corrected chi connectivity index (χ0v) is 18.2. The predicted molar refractivity (Wildman–Crippen MR) is 113 cm³/mol. The summed E-state index contributed by atoms with van der Waals surface area (Å²) >= 11 is 0. The number of carbonyl (C=O) groups is 1. The minimum atomic E-state index is -4.42. The first-order chi connectivity index (χ1) is 14.9. The van der Waals surface area contributed by atoms with E-state index in [1.54, 1.807) is 4.90 Å². The Morgan fingerprint density at radius 2 is 1.88 bits per heavy atom. The Morgan fingerprint density at radius 3 is 2.44 bits per heavy atom. The minimum Gasteiger partial charge on any atom is -0.368 e. The Labute approximate surface area is 184 Å². The van der Waals surface area contributed by atoms with E-state index in [1.165, 1.54) is 18.5 Å². The third-order valence-electron chi connectivity index (χ3n) is 5.39. The lowest BCUT2D eigenvalue weighted by molar-refractivity contribution is -0.137. The molecule has 2 heterocycles. The van der Waals surface area contributed by atoms with Crippen LogP contribution in [0.5, 0.6) is 0 Å². The van der Waals surface area contributed by atoms with Crippen molar-refractivity contribution in [1.82, 2.24) is 9.97 Å². The molecule has 174 valence electrons. The van der Waals surface area contributed by atoms with Crippen LogP contribution in [-0.4, -0.2) is 28.5 Å². The van der Waals surface area contributed by atoms with Crippen molar-refractivity contribution in [2.24, 2.45) is 11.1 Å². The van der Waals surface area contributed by atoms with Gasteiger partial charge in [-0.05, 0) is 42.4 Å². The fourth-order valence-electron chi connectivity index (χ4n) is 3.92. The van der Waals surface area contributed by atoms with Crippen LogP contribution in [0.4, 0.5) is 29.2 Å². The van der Waals surface area contributed by atoms with Gasteiger partial charge in [0, 0.05) is 6.54 Å². The van der Waals surface area contributed by atoms with Gasteiger partial charge in [-0.1, -0.05) is 32.9 Å². The lowest BCUT2D eigenvalue weighted by atomic mass is 9.88. The number of rotatable bonds is 6. The SMILES string of the molecule is CC(C)(C)C[C@@H](Nc1ncnc(N2CCCC2c2ccc(C(F)(F)F)cc2)c1F)C(N)=O. The number of nitrogens with zero attached hydrogens (tertiary/aromatic N) is 3. The molecule has 1 unspecified atom stereocenters. The summed E-state index contributed by atoms with van der Waals surface area (Å²) in [5, 5.41) is 2.79. The Hall–Kier alpha value is -2.91. The van der Waals surface area contributed by atoms with Crippen LogP contribution in [0.25, 0.3) is 0 Å². The van der Waals surface area contributed by atoms with Gasteiger partial charge in [0.1, 0.15) is 12.4 Å². The Morgan fingerprint density at radius 1 is 1.22 bits per heavy atom. The number of benzene rings is 1. The number of hydrogen-bond donors (Lipinski definition) is 2. The topological polar surface area (TPSA) is 84.1 Å². The molecule has 1 fully saturated rings. The molecule has 0 bridgehead atoms. The Balaban J connectivity index is 1.87. The highest BCUT2D eigenvalue weighted by Gasteiger charge is 2.33. The number of carbonyl (C=O) groups excluding carboxylic acids is 1. The van der Waals surface area contributed by atoms with Gasteiger partial charge in [-0.3, -0.25) is 4.79 Å². The largest absolute Gasteiger partial charge is 0.416 e. The summed E-state index contributed by atoms with van der Waals surface area (Å²) in [5.41, 5.74) is 5.16. The molecule has 0 saturated carbocycles. The van der Waals surface area contributed by atoms with Crippen LogP contribution < -0.4 is 16.0 Å². The summed E-state index contributed by atoms with van der Waals surface area (Å²) in [5.74, 6) is -1.46. The second-order valence-electron chi connectivity index (χ2n) is 9.20. The van der Waals surface area contributed by atoms with E-state index in [2.05, 4.69) is 15.3 Å². The summed E-state index contributed by atoms with van der Waals surface area (Å²) in [7, 11) is 0. The van der Waals surface area contributed by atoms with Gasteiger partial charge in [-0.15, -0.1) is 0 Å². The number of aromatic nitrogens is 2. The molecule has 2 aromatic rings. The first-order valence-electron chi connectivity index (χ1n) is 10.4. The maximum Gasteiger partial charge on any atom is 0.416 e. The molecule has 1 amide bonds. The van der Waals surface area contributed by atoms with Crippen molar-refractivity contribution in [3.63, 3.8) is 0 Å². The monoisotopic (exact) mass is 453 g/mol. The summed E-state index contributed by atoms with van der Waals surface area (Å²) in [6, 6.07) is 3.73. The number of amides is 1. The van der Waals surface area contributed by atoms with Crippen LogP contribution in [0.2, 0.25) is 0 Å². The predicted octanol–water partition coefficient (Wildman–Crippen LogP) is 4.68. The zero-order chi connectivity index (χ0) is 23.7. The first-order valence-corrected chi connectivity index (χ1v) is 10.4. The Bertz CT molecular complexity index is 956. The highest BCUT2D eigenvalue weighted by molar-refractivity contribution is 5.82. The van der Waals surface area contributed by atoms with Crippen LogP contribution >= 0.6 is 0 Å². The molecule has 10 heteroatoms. The van der Waals surface area contributed by atoms with E-state index >= 15 is 4.39 Å². The molecule has 32 heavy (non-hydrogen) atoms. The maximum atomic E-state index is 15.4. The number of nitrogens with one attached hydrogen (secondary N) is 1. The van der Waals surface area contributed by atoms with Crippen LogP contribution in [0.1, 0.15) is 57.2 Å². The van der Waals surface area contributed by atoms with Crippen molar-refractivity contribution in [3.8, 4) is 0 Å². The Kier molecular flexibility index (Phi) is 6.61. The lowest BCUT2D eigenvalue weighted by Gasteiger charge is -2.28. The van der Waals surface area contributed by atoms with Crippen molar-refractivity contribution in [2.75, 3.05) is 16.8 Å². The fraction of sp³-hybridized carbons (Fsp3) is 0.500. The van der Waals surface area contributed by atoms with E-state index in [4.69, 9.17) is 5.73 Å². The summed E-state index contributed by atoms with van der Waals surface area (Å²) < 4.78 is 54.0. The number of hydrogen-bond acceptors (Lipinski definition) is 5. The number of anilines is 2. The van der Waals surface area contributed by atoms with Crippen molar-refractivity contribution in [2.45, 2.75) is 58.3 Å². The summed E-state index contributed by atoms with van der Waals surface area (Å²) in [6.07, 6.45) is -1.48. The molecule has 6 nitrogen and oxygen atoms in total. The van der Waals surface area contributed by atoms with E-state index in [-0.39, 0.29) is 23.1 Å². The number of primary amides is 1. The average Bonchev–Trinajstić information content (AvgIpc) is 3.17.